The number of hydrogen-bond acceptors (Lipinski definition) is 6. The van der Waals surface area contributed by atoms with Crippen molar-refractivity contribution >= 4 is 39.9 Å². The molecule has 4 aromatic carbocycles. The van der Waals surface area contributed by atoms with Gasteiger partial charge in [-0.2, -0.15) is 0 Å². The molecule has 0 saturated carbocycles. The number of para-hydroxylation sites is 2. The topological polar surface area (TPSA) is 125 Å². The van der Waals surface area contributed by atoms with E-state index >= 15 is 0 Å². The number of aliphatic carboxylic acids is 1. The number of carbonyl (C=O) groups excluding carboxylic acids is 2. The summed E-state index contributed by atoms with van der Waals surface area (Å²) in [6, 6.07) is 23.0. The van der Waals surface area contributed by atoms with E-state index in [1.54, 1.807) is 47.4 Å². The lowest BCUT2D eigenvalue weighted by Gasteiger charge is -2.24. The Labute approximate surface area is 352 Å². The molecule has 320 valence electrons. The van der Waals surface area contributed by atoms with E-state index in [4.69, 9.17) is 9.47 Å². The van der Waals surface area contributed by atoms with Crippen molar-refractivity contribution in [3.8, 4) is 17.2 Å². The fraction of sp³-hybridized carbons (Fsp3) is 0.500. The fourth-order valence-electron chi connectivity index (χ4n) is 7.48. The molecule has 0 saturated heterocycles. The molecular formula is C50H68N2O7. The molecule has 59 heavy (non-hydrogen) atoms. The number of carboxylic acids is 1. The van der Waals surface area contributed by atoms with Gasteiger partial charge in [-0.1, -0.05) is 159 Å². The average Bonchev–Trinajstić information content (AvgIpc) is 3.23. The van der Waals surface area contributed by atoms with Crippen LogP contribution in [0.15, 0.2) is 78.9 Å². The van der Waals surface area contributed by atoms with Gasteiger partial charge in [-0.25, -0.2) is 4.79 Å². The molecule has 4 rings (SSSR count). The Balaban J connectivity index is 1.33. The van der Waals surface area contributed by atoms with Gasteiger partial charge in [-0.15, -0.1) is 0 Å². The van der Waals surface area contributed by atoms with Crippen LogP contribution >= 0.6 is 0 Å². The molecule has 0 aromatic heterocycles. The van der Waals surface area contributed by atoms with Gasteiger partial charge in [-0.05, 0) is 61.2 Å². The highest BCUT2D eigenvalue weighted by atomic mass is 16.5. The molecule has 0 aliphatic heterocycles. The molecule has 2 amide bonds. The molecule has 3 N–H and O–H groups in total. The number of unbranched alkanes of at least 4 members (excludes halogenated alkanes) is 16. The van der Waals surface area contributed by atoms with Gasteiger partial charge >= 0.3 is 5.97 Å². The van der Waals surface area contributed by atoms with Crippen molar-refractivity contribution in [1.29, 1.82) is 0 Å². The summed E-state index contributed by atoms with van der Waals surface area (Å²) in [5, 5.41) is 25.1. The summed E-state index contributed by atoms with van der Waals surface area (Å²) >= 11 is 0. The number of amides is 2. The molecule has 1 unspecified atom stereocenters. The number of phenolic OH excluding ortho intramolecular Hbond substituents is 1. The Morgan fingerprint density at radius 1 is 0.661 bits per heavy atom. The van der Waals surface area contributed by atoms with Crippen LogP contribution in [-0.2, 0) is 16.1 Å². The van der Waals surface area contributed by atoms with Crippen LogP contribution in [0.5, 0.6) is 17.2 Å². The van der Waals surface area contributed by atoms with E-state index in [9.17, 15) is 24.6 Å². The van der Waals surface area contributed by atoms with E-state index in [1.165, 1.54) is 84.0 Å². The first-order valence-corrected chi connectivity index (χ1v) is 22.3. The van der Waals surface area contributed by atoms with Crippen molar-refractivity contribution in [2.45, 2.75) is 155 Å². The zero-order valence-electron chi connectivity index (χ0n) is 35.8. The predicted molar refractivity (Wildman–Crippen MR) is 240 cm³/mol. The minimum atomic E-state index is -0.982. The number of nitrogens with one attached hydrogen (secondary N) is 1. The van der Waals surface area contributed by atoms with Crippen molar-refractivity contribution < 1.29 is 34.1 Å². The van der Waals surface area contributed by atoms with E-state index in [0.717, 1.165) is 44.1 Å². The number of aromatic hydroxyl groups is 1. The lowest BCUT2D eigenvalue weighted by Crippen LogP contribution is -2.28. The highest BCUT2D eigenvalue weighted by Gasteiger charge is 2.22. The zero-order chi connectivity index (χ0) is 42.2. The number of ether oxygens (including phenoxy) is 2. The number of hydrogen-bond donors (Lipinski definition) is 3. The first-order valence-electron chi connectivity index (χ1n) is 22.3. The number of fused-ring (bicyclic) bond motifs is 1. The second-order valence-corrected chi connectivity index (χ2v) is 15.8. The van der Waals surface area contributed by atoms with Gasteiger partial charge in [0.1, 0.15) is 17.2 Å². The summed E-state index contributed by atoms with van der Waals surface area (Å²) in [5.74, 6) is -0.808. The highest BCUT2D eigenvalue weighted by Crippen LogP contribution is 2.36. The second-order valence-electron chi connectivity index (χ2n) is 15.8. The van der Waals surface area contributed by atoms with Crippen molar-refractivity contribution in [3.05, 3.63) is 90.0 Å². The molecule has 0 aliphatic carbocycles. The monoisotopic (exact) mass is 809 g/mol. The summed E-state index contributed by atoms with van der Waals surface area (Å²) in [5.41, 5.74) is 2.03. The van der Waals surface area contributed by atoms with Crippen molar-refractivity contribution in [2.24, 2.45) is 0 Å². The quantitative estimate of drug-likeness (QED) is 0.0466. The number of nitrogens with zero attached hydrogens (tertiary/aromatic N) is 1. The van der Waals surface area contributed by atoms with Gasteiger partial charge in [0.15, 0.2) is 6.10 Å². The minimum Gasteiger partial charge on any atom is -0.506 e. The Kier molecular flexibility index (Phi) is 20.7. The molecule has 0 bridgehead atoms. The lowest BCUT2D eigenvalue weighted by atomic mass is 10.0. The fourth-order valence-corrected chi connectivity index (χ4v) is 7.48. The molecule has 0 spiro atoms. The van der Waals surface area contributed by atoms with E-state index in [2.05, 4.69) is 19.2 Å². The van der Waals surface area contributed by atoms with Crippen molar-refractivity contribution in [3.63, 3.8) is 0 Å². The SMILES string of the molecule is CCCCCCCCCCCCCCOc1ccccc1NC(=O)c1ccc2c(N(Cc3ccc(OC(CCCCCCCC)C(=O)O)cc3)C(C)=O)cccc2c1O. The summed E-state index contributed by atoms with van der Waals surface area (Å²) in [4.78, 5) is 40.2. The maximum atomic E-state index is 13.6. The van der Waals surface area contributed by atoms with Crippen LogP contribution in [0.2, 0.25) is 0 Å². The third kappa shape index (κ3) is 15.6. The number of rotatable bonds is 29. The maximum absolute atomic E-state index is 13.6. The molecular weight excluding hydrogens is 741 g/mol. The van der Waals surface area contributed by atoms with Crippen LogP contribution in [-0.4, -0.2) is 40.7 Å². The number of carboxylic acid groups (broad SMARTS) is 1. The highest BCUT2D eigenvalue weighted by molar-refractivity contribution is 6.13. The third-order valence-corrected chi connectivity index (χ3v) is 11.0. The van der Waals surface area contributed by atoms with Crippen LogP contribution in [0.1, 0.15) is 159 Å². The Bertz CT molecular complexity index is 1880. The largest absolute Gasteiger partial charge is 0.506 e. The van der Waals surface area contributed by atoms with Gasteiger partial charge in [0, 0.05) is 17.7 Å². The van der Waals surface area contributed by atoms with Crippen LogP contribution < -0.4 is 19.7 Å². The molecule has 9 nitrogen and oxygen atoms in total. The Morgan fingerprint density at radius 3 is 1.86 bits per heavy atom. The third-order valence-electron chi connectivity index (χ3n) is 11.0. The average molecular weight is 809 g/mol. The van der Waals surface area contributed by atoms with Gasteiger partial charge in [0.25, 0.3) is 5.91 Å². The smallest absolute Gasteiger partial charge is 0.344 e. The first-order chi connectivity index (χ1) is 28.7. The summed E-state index contributed by atoms with van der Waals surface area (Å²) in [6.45, 7) is 6.70. The van der Waals surface area contributed by atoms with E-state index in [0.29, 0.717) is 46.7 Å². The van der Waals surface area contributed by atoms with Crippen LogP contribution in [0.3, 0.4) is 0 Å². The predicted octanol–water partition coefficient (Wildman–Crippen LogP) is 13.0. The number of phenols is 1. The lowest BCUT2D eigenvalue weighted by molar-refractivity contribution is -0.145. The summed E-state index contributed by atoms with van der Waals surface area (Å²) in [6.07, 6.45) is 21.1. The van der Waals surface area contributed by atoms with E-state index in [1.807, 2.05) is 36.4 Å². The first kappa shape index (κ1) is 46.6. The molecule has 0 radical (unpaired) electrons. The normalized spacial score (nSPS) is 11.6. The van der Waals surface area contributed by atoms with Gasteiger partial charge in [-0.3, -0.25) is 9.59 Å². The minimum absolute atomic E-state index is 0.103. The van der Waals surface area contributed by atoms with E-state index < -0.39 is 18.0 Å². The van der Waals surface area contributed by atoms with Crippen molar-refractivity contribution in [2.75, 3.05) is 16.8 Å². The van der Waals surface area contributed by atoms with Gasteiger partial charge < -0.3 is 29.9 Å². The Hall–Kier alpha value is -5.05. The van der Waals surface area contributed by atoms with Gasteiger partial charge in [0.2, 0.25) is 5.91 Å². The van der Waals surface area contributed by atoms with E-state index in [-0.39, 0.29) is 23.8 Å². The molecule has 0 heterocycles. The number of anilines is 2. The second kappa shape index (κ2) is 26.1. The summed E-state index contributed by atoms with van der Waals surface area (Å²) in [7, 11) is 0. The standard InChI is InChI=1S/C50H68N2O7/c1-4-6-8-10-12-13-14-15-16-17-19-23-36-58-46-28-22-21-26-44(46)51-49(55)43-35-34-41-42(48(43)54)25-24-27-45(41)52(38(3)53)37-39-30-32-40(33-31-39)59-47(50(56)57)29-20-18-11-9-7-5-2/h21-22,24-28,30-35,47,54H,4-20,23,29,36-37H2,1-3H3,(H,51,55)(H,56,57). The molecule has 0 aliphatic rings. The van der Waals surface area contributed by atoms with Crippen LogP contribution in [0, 0.1) is 0 Å². The molecule has 9 heteroatoms. The molecule has 1 atom stereocenters. The van der Waals surface area contributed by atoms with Crippen molar-refractivity contribution in [1.82, 2.24) is 0 Å². The number of benzene rings is 4. The zero-order valence-corrected chi connectivity index (χ0v) is 35.8. The summed E-state index contributed by atoms with van der Waals surface area (Å²) < 4.78 is 11.9. The van der Waals surface area contributed by atoms with Crippen LogP contribution in [0.4, 0.5) is 11.4 Å². The molecule has 4 aromatic rings. The maximum Gasteiger partial charge on any atom is 0.344 e. The Morgan fingerprint density at radius 2 is 1.25 bits per heavy atom. The number of carbonyl (C=O) groups is 3. The molecule has 0 fully saturated rings. The van der Waals surface area contributed by atoms with Crippen LogP contribution in [0.25, 0.3) is 10.8 Å². The van der Waals surface area contributed by atoms with Gasteiger partial charge in [0.05, 0.1) is 30.1 Å².